The lowest BCUT2D eigenvalue weighted by molar-refractivity contribution is 0.0936. The fourth-order valence-corrected chi connectivity index (χ4v) is 1.84. The van der Waals surface area contributed by atoms with E-state index in [1.807, 2.05) is 5.32 Å². The van der Waals surface area contributed by atoms with E-state index in [2.05, 4.69) is 0 Å². The molecule has 1 aromatic rings. The summed E-state index contributed by atoms with van der Waals surface area (Å²) in [7, 11) is 0. The molecule has 1 aliphatic carbocycles. The first kappa shape index (κ1) is 15.1. The molecule has 112 valence electrons. The van der Waals surface area contributed by atoms with E-state index in [-0.39, 0.29) is 6.54 Å². The maximum Gasteiger partial charge on any atom is 0.227 e. The Bertz CT molecular complexity index is 699. The van der Waals surface area contributed by atoms with Crippen molar-refractivity contribution in [2.75, 3.05) is 13.2 Å². The van der Waals surface area contributed by atoms with Crippen LogP contribution in [0, 0.1) is 23.3 Å². The molecule has 0 radical (unpaired) electrons. The van der Waals surface area contributed by atoms with Crippen molar-refractivity contribution < 1.29 is 36.6 Å². The van der Waals surface area contributed by atoms with Gasteiger partial charge in [-0.15, -0.1) is 0 Å². The second kappa shape index (κ2) is 5.24. The fraction of sp³-hybridized carbons (Fsp3) is 0.167. The number of hydrogen-bond donors (Lipinski definition) is 2. The standard InChI is InChI=1S/C12H6F5NO3/c13-5-3-4(6(14)8(16)7(5)15)12(21)10(18-1-2-19)9(17)11(3)20/h18-19H,1-2H2. The molecule has 2 rings (SSSR count). The van der Waals surface area contributed by atoms with Gasteiger partial charge in [-0.2, -0.15) is 0 Å². The average Bonchev–Trinajstić information content (AvgIpc) is 2.46. The normalized spacial score (nSPS) is 14.6. The largest absolute Gasteiger partial charge is 0.395 e. The zero-order valence-electron chi connectivity index (χ0n) is 10.1. The van der Waals surface area contributed by atoms with Gasteiger partial charge in [0.05, 0.1) is 17.7 Å². The van der Waals surface area contributed by atoms with E-state index in [9.17, 15) is 31.5 Å². The van der Waals surface area contributed by atoms with Crippen molar-refractivity contribution in [2.45, 2.75) is 0 Å². The van der Waals surface area contributed by atoms with Crippen molar-refractivity contribution in [2.24, 2.45) is 0 Å². The molecular weight excluding hydrogens is 301 g/mol. The Balaban J connectivity index is 2.73. The molecule has 0 saturated heterocycles. The number of nitrogens with one attached hydrogen (secondary N) is 1. The lowest BCUT2D eigenvalue weighted by Crippen LogP contribution is -2.33. The lowest BCUT2D eigenvalue weighted by atomic mass is 9.90. The van der Waals surface area contributed by atoms with E-state index in [4.69, 9.17) is 5.11 Å². The third-order valence-electron chi connectivity index (χ3n) is 2.78. The van der Waals surface area contributed by atoms with Crippen LogP contribution < -0.4 is 5.32 Å². The topological polar surface area (TPSA) is 66.4 Å². The van der Waals surface area contributed by atoms with Crippen LogP contribution in [-0.2, 0) is 0 Å². The summed E-state index contributed by atoms with van der Waals surface area (Å²) in [5.41, 5.74) is -3.94. The fourth-order valence-electron chi connectivity index (χ4n) is 1.84. The van der Waals surface area contributed by atoms with Gasteiger partial charge in [0.15, 0.2) is 29.1 Å². The first-order chi connectivity index (χ1) is 9.82. The van der Waals surface area contributed by atoms with Crippen LogP contribution in [0.15, 0.2) is 11.5 Å². The number of carbonyl (C=O) groups is 2. The predicted molar refractivity (Wildman–Crippen MR) is 58.2 cm³/mol. The molecule has 1 aromatic carbocycles. The number of Topliss-reactive ketones (excluding diaryl/α,β-unsaturated/α-hetero) is 2. The third kappa shape index (κ3) is 2.09. The van der Waals surface area contributed by atoms with Crippen molar-refractivity contribution in [1.29, 1.82) is 0 Å². The molecule has 0 saturated carbocycles. The summed E-state index contributed by atoms with van der Waals surface area (Å²) in [6.07, 6.45) is 0. The number of hydrogen-bond acceptors (Lipinski definition) is 4. The van der Waals surface area contributed by atoms with E-state index in [0.29, 0.717) is 0 Å². The average molecular weight is 307 g/mol. The van der Waals surface area contributed by atoms with Gasteiger partial charge in [-0.1, -0.05) is 0 Å². The number of carbonyl (C=O) groups excluding carboxylic acids is 2. The molecule has 0 atom stereocenters. The van der Waals surface area contributed by atoms with Crippen LogP contribution in [0.2, 0.25) is 0 Å². The SMILES string of the molecule is O=C1C(F)=C(NCCO)C(=O)c2c(F)c(F)c(F)c(F)c21. The number of rotatable bonds is 3. The van der Waals surface area contributed by atoms with Crippen molar-refractivity contribution in [3.63, 3.8) is 0 Å². The summed E-state index contributed by atoms with van der Waals surface area (Å²) in [5, 5.41) is 10.6. The smallest absolute Gasteiger partial charge is 0.227 e. The molecule has 0 bridgehead atoms. The van der Waals surface area contributed by atoms with Gasteiger partial charge in [-0.05, 0) is 0 Å². The van der Waals surface area contributed by atoms with Crippen LogP contribution in [0.5, 0.6) is 0 Å². The molecule has 2 N–H and O–H groups in total. The summed E-state index contributed by atoms with van der Waals surface area (Å²) in [6, 6.07) is 0. The number of ketones is 2. The van der Waals surface area contributed by atoms with Gasteiger partial charge >= 0.3 is 0 Å². The van der Waals surface area contributed by atoms with Gasteiger partial charge in [-0.3, -0.25) is 9.59 Å². The minimum absolute atomic E-state index is 0.370. The van der Waals surface area contributed by atoms with Crippen LogP contribution >= 0.6 is 0 Å². The Morgan fingerprint density at radius 1 is 0.810 bits per heavy atom. The zero-order valence-corrected chi connectivity index (χ0v) is 10.1. The molecule has 0 fully saturated rings. The summed E-state index contributed by atoms with van der Waals surface area (Å²) in [5.74, 6) is -13.9. The number of aliphatic hydroxyl groups excluding tert-OH is 1. The van der Waals surface area contributed by atoms with E-state index in [0.717, 1.165) is 0 Å². The maximum atomic E-state index is 13.7. The highest BCUT2D eigenvalue weighted by Crippen LogP contribution is 2.32. The quantitative estimate of drug-likeness (QED) is 0.503. The van der Waals surface area contributed by atoms with Gasteiger partial charge in [0.2, 0.25) is 11.6 Å². The molecule has 9 heteroatoms. The first-order valence-electron chi connectivity index (χ1n) is 5.52. The van der Waals surface area contributed by atoms with Gasteiger partial charge in [0.25, 0.3) is 0 Å². The van der Waals surface area contributed by atoms with Gasteiger partial charge < -0.3 is 10.4 Å². The van der Waals surface area contributed by atoms with Crippen LogP contribution in [0.1, 0.15) is 20.7 Å². The monoisotopic (exact) mass is 307 g/mol. The zero-order chi connectivity index (χ0) is 15.9. The highest BCUT2D eigenvalue weighted by molar-refractivity contribution is 6.26. The molecule has 0 spiro atoms. The molecule has 0 aliphatic heterocycles. The summed E-state index contributed by atoms with van der Waals surface area (Å²) in [4.78, 5) is 23.4. The van der Waals surface area contributed by atoms with E-state index in [1.165, 1.54) is 0 Å². The molecular formula is C12H6F5NO3. The van der Waals surface area contributed by atoms with E-state index >= 15 is 0 Å². The number of aliphatic hydroxyl groups is 1. The van der Waals surface area contributed by atoms with Crippen molar-refractivity contribution in [3.8, 4) is 0 Å². The number of halogens is 5. The Kier molecular flexibility index (Phi) is 3.77. The highest BCUT2D eigenvalue weighted by atomic mass is 19.2. The van der Waals surface area contributed by atoms with Gasteiger partial charge in [-0.25, -0.2) is 22.0 Å². The summed E-state index contributed by atoms with van der Waals surface area (Å²) >= 11 is 0. The molecule has 0 amide bonds. The maximum absolute atomic E-state index is 13.7. The molecule has 0 heterocycles. The number of allylic oxidation sites excluding steroid dienone is 2. The van der Waals surface area contributed by atoms with Crippen LogP contribution in [0.4, 0.5) is 22.0 Å². The molecule has 0 aromatic heterocycles. The van der Waals surface area contributed by atoms with Crippen LogP contribution in [-0.4, -0.2) is 29.8 Å². The van der Waals surface area contributed by atoms with Crippen molar-refractivity contribution in [1.82, 2.24) is 5.32 Å². The van der Waals surface area contributed by atoms with E-state index < -0.39 is 64.1 Å². The first-order valence-corrected chi connectivity index (χ1v) is 5.52. The lowest BCUT2D eigenvalue weighted by Gasteiger charge is -2.19. The summed E-state index contributed by atoms with van der Waals surface area (Å²) < 4.78 is 67.0. The minimum Gasteiger partial charge on any atom is -0.395 e. The minimum atomic E-state index is -2.31. The summed E-state index contributed by atoms with van der Waals surface area (Å²) in [6.45, 7) is -0.926. The molecule has 4 nitrogen and oxygen atoms in total. The highest BCUT2D eigenvalue weighted by Gasteiger charge is 2.40. The second-order valence-corrected chi connectivity index (χ2v) is 4.00. The Labute approximate surface area is 113 Å². The number of benzene rings is 1. The van der Waals surface area contributed by atoms with Crippen molar-refractivity contribution in [3.05, 3.63) is 45.9 Å². The van der Waals surface area contributed by atoms with Crippen LogP contribution in [0.25, 0.3) is 0 Å². The third-order valence-corrected chi connectivity index (χ3v) is 2.78. The van der Waals surface area contributed by atoms with Crippen molar-refractivity contribution >= 4 is 11.6 Å². The van der Waals surface area contributed by atoms with Crippen LogP contribution in [0.3, 0.4) is 0 Å². The molecule has 0 unspecified atom stereocenters. The predicted octanol–water partition coefficient (Wildman–Crippen LogP) is 1.39. The van der Waals surface area contributed by atoms with Gasteiger partial charge in [0, 0.05) is 6.54 Å². The molecule has 21 heavy (non-hydrogen) atoms. The Hall–Kier alpha value is -2.29. The van der Waals surface area contributed by atoms with Gasteiger partial charge in [0.1, 0.15) is 5.70 Å². The molecule has 1 aliphatic rings. The van der Waals surface area contributed by atoms with E-state index in [1.54, 1.807) is 0 Å². The Morgan fingerprint density at radius 2 is 1.29 bits per heavy atom. The second-order valence-electron chi connectivity index (χ2n) is 4.00. The Morgan fingerprint density at radius 3 is 1.76 bits per heavy atom. The number of fused-ring (bicyclic) bond motifs is 1.